The van der Waals surface area contributed by atoms with Crippen LogP contribution in [0.2, 0.25) is 0 Å². The van der Waals surface area contributed by atoms with Gasteiger partial charge in [0.25, 0.3) is 0 Å². The normalized spacial score (nSPS) is 40.7. The molecule has 2 fully saturated rings. The van der Waals surface area contributed by atoms with Crippen molar-refractivity contribution in [3.8, 4) is 0 Å². The van der Waals surface area contributed by atoms with E-state index in [1.165, 1.54) is 0 Å². The summed E-state index contributed by atoms with van der Waals surface area (Å²) in [5.74, 6) is 0.747. The molecule has 4 nitrogen and oxygen atoms in total. The second-order valence-corrected chi connectivity index (χ2v) is 6.01. The van der Waals surface area contributed by atoms with Gasteiger partial charge in [-0.25, -0.2) is 0 Å². The monoisotopic (exact) mass is 254 g/mol. The van der Waals surface area contributed by atoms with Gasteiger partial charge in [-0.1, -0.05) is 6.92 Å². The number of methoxy groups -OCH3 is 1. The molecule has 2 saturated carbocycles. The molecule has 4 heteroatoms. The molecule has 104 valence electrons. The fraction of sp³-hybridized carbons (Fsp3) is 0.929. The highest BCUT2D eigenvalue weighted by molar-refractivity contribution is 5.80. The van der Waals surface area contributed by atoms with Gasteiger partial charge in [0.1, 0.15) is 0 Å². The van der Waals surface area contributed by atoms with Crippen molar-refractivity contribution in [2.45, 2.75) is 63.6 Å². The summed E-state index contributed by atoms with van der Waals surface area (Å²) >= 11 is 0. The van der Waals surface area contributed by atoms with Crippen molar-refractivity contribution < 1.29 is 9.53 Å². The Bertz CT molecular complexity index is 296. The SMILES string of the molecule is COC1CCCC1NC(=O)C1CC(C)CCC1N. The van der Waals surface area contributed by atoms with E-state index in [4.69, 9.17) is 10.5 Å². The third-order valence-electron chi connectivity index (χ3n) is 4.59. The van der Waals surface area contributed by atoms with Gasteiger partial charge >= 0.3 is 0 Å². The fourth-order valence-electron chi connectivity index (χ4n) is 3.37. The number of carbonyl (C=O) groups is 1. The number of carbonyl (C=O) groups excluding carboxylic acids is 1. The Labute approximate surface area is 110 Å². The minimum absolute atomic E-state index is 0.00754. The second-order valence-electron chi connectivity index (χ2n) is 6.01. The standard InChI is InChI=1S/C14H26N2O2/c1-9-6-7-11(15)10(8-9)14(17)16-12-4-3-5-13(12)18-2/h9-13H,3-8,15H2,1-2H3,(H,16,17). The predicted octanol–water partition coefficient (Wildman–Crippen LogP) is 1.43. The molecule has 1 amide bonds. The molecule has 2 aliphatic rings. The first kappa shape index (κ1) is 13.8. The van der Waals surface area contributed by atoms with Crippen molar-refractivity contribution in [3.63, 3.8) is 0 Å². The van der Waals surface area contributed by atoms with E-state index in [0.29, 0.717) is 5.92 Å². The summed E-state index contributed by atoms with van der Waals surface area (Å²) in [7, 11) is 1.73. The summed E-state index contributed by atoms with van der Waals surface area (Å²) in [6.07, 6.45) is 6.45. The molecule has 3 N–H and O–H groups in total. The van der Waals surface area contributed by atoms with Gasteiger partial charge in [-0.05, 0) is 44.4 Å². The van der Waals surface area contributed by atoms with Gasteiger partial charge in [0.2, 0.25) is 5.91 Å². The van der Waals surface area contributed by atoms with Crippen LogP contribution in [0, 0.1) is 11.8 Å². The van der Waals surface area contributed by atoms with Gasteiger partial charge in [-0.3, -0.25) is 4.79 Å². The van der Waals surface area contributed by atoms with E-state index in [2.05, 4.69) is 12.2 Å². The third-order valence-corrected chi connectivity index (χ3v) is 4.59. The molecule has 0 spiro atoms. The van der Waals surface area contributed by atoms with Crippen molar-refractivity contribution >= 4 is 5.91 Å². The number of nitrogens with two attached hydrogens (primary N) is 1. The first-order chi connectivity index (χ1) is 8.61. The second kappa shape index (κ2) is 6.02. The van der Waals surface area contributed by atoms with E-state index in [1.807, 2.05) is 0 Å². The molecule has 0 heterocycles. The lowest BCUT2D eigenvalue weighted by Crippen LogP contribution is -2.49. The van der Waals surface area contributed by atoms with Gasteiger partial charge in [-0.15, -0.1) is 0 Å². The molecule has 2 rings (SSSR count). The number of hydrogen-bond donors (Lipinski definition) is 2. The van der Waals surface area contributed by atoms with Crippen molar-refractivity contribution in [2.75, 3.05) is 7.11 Å². The highest BCUT2D eigenvalue weighted by atomic mass is 16.5. The van der Waals surface area contributed by atoms with Gasteiger partial charge < -0.3 is 15.8 Å². The smallest absolute Gasteiger partial charge is 0.224 e. The van der Waals surface area contributed by atoms with Gasteiger partial charge in [0, 0.05) is 13.2 Å². The van der Waals surface area contributed by atoms with Crippen LogP contribution in [-0.4, -0.2) is 31.2 Å². The molecule has 0 aromatic heterocycles. The molecule has 0 radical (unpaired) electrons. The number of amides is 1. The fourth-order valence-corrected chi connectivity index (χ4v) is 3.37. The lowest BCUT2D eigenvalue weighted by molar-refractivity contribution is -0.128. The van der Waals surface area contributed by atoms with Crippen LogP contribution in [0.3, 0.4) is 0 Å². The minimum atomic E-state index is -0.00754. The summed E-state index contributed by atoms with van der Waals surface area (Å²) < 4.78 is 5.41. The zero-order valence-corrected chi connectivity index (χ0v) is 11.5. The third kappa shape index (κ3) is 3.04. The summed E-state index contributed by atoms with van der Waals surface area (Å²) in [5, 5.41) is 3.16. The Kier molecular flexibility index (Phi) is 4.62. The van der Waals surface area contributed by atoms with Crippen molar-refractivity contribution in [1.82, 2.24) is 5.32 Å². The van der Waals surface area contributed by atoms with Gasteiger partial charge in [0.05, 0.1) is 18.1 Å². The predicted molar refractivity (Wildman–Crippen MR) is 71.1 cm³/mol. The van der Waals surface area contributed by atoms with E-state index in [-0.39, 0.29) is 30.0 Å². The number of ether oxygens (including phenoxy) is 1. The molecule has 2 aliphatic carbocycles. The Hall–Kier alpha value is -0.610. The zero-order chi connectivity index (χ0) is 13.1. The molecule has 5 unspecified atom stereocenters. The lowest BCUT2D eigenvalue weighted by Gasteiger charge is -2.32. The van der Waals surface area contributed by atoms with E-state index in [9.17, 15) is 4.79 Å². The van der Waals surface area contributed by atoms with Crippen LogP contribution >= 0.6 is 0 Å². The van der Waals surface area contributed by atoms with Crippen LogP contribution in [-0.2, 0) is 9.53 Å². The van der Waals surface area contributed by atoms with E-state index < -0.39 is 0 Å². The maximum Gasteiger partial charge on any atom is 0.224 e. The molecule has 0 aliphatic heterocycles. The molecule has 0 saturated heterocycles. The van der Waals surface area contributed by atoms with Crippen molar-refractivity contribution in [2.24, 2.45) is 17.6 Å². The number of nitrogens with one attached hydrogen (secondary N) is 1. The number of rotatable bonds is 3. The number of hydrogen-bond acceptors (Lipinski definition) is 3. The summed E-state index contributed by atoms with van der Waals surface area (Å²) in [5.41, 5.74) is 6.09. The average molecular weight is 254 g/mol. The topological polar surface area (TPSA) is 64.3 Å². The maximum absolute atomic E-state index is 12.3. The Morgan fingerprint density at radius 2 is 2.06 bits per heavy atom. The largest absolute Gasteiger partial charge is 0.379 e. The van der Waals surface area contributed by atoms with Gasteiger partial charge in [-0.2, -0.15) is 0 Å². The first-order valence-electron chi connectivity index (χ1n) is 7.20. The quantitative estimate of drug-likeness (QED) is 0.801. The Balaban J connectivity index is 1.90. The van der Waals surface area contributed by atoms with E-state index in [0.717, 1.165) is 38.5 Å². The molecule has 0 aromatic carbocycles. The average Bonchev–Trinajstić information content (AvgIpc) is 2.79. The first-order valence-corrected chi connectivity index (χ1v) is 7.20. The molecular weight excluding hydrogens is 228 g/mol. The van der Waals surface area contributed by atoms with Crippen molar-refractivity contribution in [1.29, 1.82) is 0 Å². The highest BCUT2D eigenvalue weighted by Crippen LogP contribution is 2.29. The molecule has 5 atom stereocenters. The molecule has 18 heavy (non-hydrogen) atoms. The molecule has 0 aromatic rings. The van der Waals surface area contributed by atoms with Crippen LogP contribution in [0.1, 0.15) is 45.4 Å². The van der Waals surface area contributed by atoms with Gasteiger partial charge in [0.15, 0.2) is 0 Å². The zero-order valence-electron chi connectivity index (χ0n) is 11.5. The minimum Gasteiger partial charge on any atom is -0.379 e. The van der Waals surface area contributed by atoms with E-state index >= 15 is 0 Å². The Morgan fingerprint density at radius 1 is 1.28 bits per heavy atom. The van der Waals surface area contributed by atoms with Crippen LogP contribution in [0.15, 0.2) is 0 Å². The summed E-state index contributed by atoms with van der Waals surface area (Å²) in [4.78, 5) is 12.3. The molecule has 0 bridgehead atoms. The van der Waals surface area contributed by atoms with Crippen molar-refractivity contribution in [3.05, 3.63) is 0 Å². The maximum atomic E-state index is 12.3. The Morgan fingerprint density at radius 3 is 2.78 bits per heavy atom. The van der Waals surface area contributed by atoms with E-state index in [1.54, 1.807) is 7.11 Å². The van der Waals surface area contributed by atoms with Crippen LogP contribution in [0.5, 0.6) is 0 Å². The van der Waals surface area contributed by atoms with Crippen LogP contribution < -0.4 is 11.1 Å². The summed E-state index contributed by atoms with van der Waals surface area (Å²) in [6.45, 7) is 2.21. The van der Waals surface area contributed by atoms with Crippen LogP contribution in [0.4, 0.5) is 0 Å². The molecular formula is C14H26N2O2. The summed E-state index contributed by atoms with van der Waals surface area (Å²) in [6, 6.07) is 0.218. The highest BCUT2D eigenvalue weighted by Gasteiger charge is 2.35. The lowest BCUT2D eigenvalue weighted by atomic mass is 9.78. The van der Waals surface area contributed by atoms with Crippen LogP contribution in [0.25, 0.3) is 0 Å².